The van der Waals surface area contributed by atoms with Crippen molar-refractivity contribution >= 4 is 17.7 Å². The molecule has 0 radical (unpaired) electrons. The number of pyridine rings is 1. The molecule has 1 aromatic heterocycles. The number of aryl methyl sites for hydroxylation is 2. The van der Waals surface area contributed by atoms with E-state index >= 15 is 0 Å². The van der Waals surface area contributed by atoms with Crippen molar-refractivity contribution < 1.29 is 14.7 Å². The van der Waals surface area contributed by atoms with Gasteiger partial charge in [-0.2, -0.15) is 0 Å². The van der Waals surface area contributed by atoms with Gasteiger partial charge in [0.25, 0.3) is 5.91 Å². The van der Waals surface area contributed by atoms with Gasteiger partial charge in [0.1, 0.15) is 5.82 Å². The maximum Gasteiger partial charge on any atom is 0.305 e. The van der Waals surface area contributed by atoms with E-state index in [1.165, 1.54) is 4.90 Å². The third-order valence-electron chi connectivity index (χ3n) is 3.24. The lowest BCUT2D eigenvalue weighted by Crippen LogP contribution is -2.33. The lowest BCUT2D eigenvalue weighted by Gasteiger charge is -2.21. The maximum absolute atomic E-state index is 12.7. The predicted molar refractivity (Wildman–Crippen MR) is 84.1 cm³/mol. The van der Waals surface area contributed by atoms with Gasteiger partial charge in [0.2, 0.25) is 0 Å². The molecule has 5 heteroatoms. The van der Waals surface area contributed by atoms with Gasteiger partial charge < -0.3 is 5.11 Å². The van der Waals surface area contributed by atoms with E-state index in [1.807, 2.05) is 32.0 Å². The van der Waals surface area contributed by atoms with Crippen molar-refractivity contribution in [1.82, 2.24) is 4.98 Å². The van der Waals surface area contributed by atoms with Crippen molar-refractivity contribution in [1.29, 1.82) is 0 Å². The Morgan fingerprint density at radius 3 is 2.50 bits per heavy atom. The number of hydrogen-bond donors (Lipinski definition) is 1. The van der Waals surface area contributed by atoms with Crippen LogP contribution in [-0.4, -0.2) is 28.5 Å². The number of carboxylic acid groups (broad SMARTS) is 1. The summed E-state index contributed by atoms with van der Waals surface area (Å²) < 4.78 is 0. The molecule has 1 N–H and O–H groups in total. The highest BCUT2D eigenvalue weighted by Gasteiger charge is 2.20. The molecule has 0 aliphatic carbocycles. The molecule has 1 amide bonds. The molecule has 2 aromatic rings. The van der Waals surface area contributed by atoms with Gasteiger partial charge in [-0.15, -0.1) is 0 Å². The molecule has 0 bridgehead atoms. The molecule has 22 heavy (non-hydrogen) atoms. The first-order valence-electron chi connectivity index (χ1n) is 7.00. The summed E-state index contributed by atoms with van der Waals surface area (Å²) in [5, 5.41) is 8.90. The van der Waals surface area contributed by atoms with Crippen molar-refractivity contribution in [3.8, 4) is 0 Å². The van der Waals surface area contributed by atoms with Gasteiger partial charge in [0, 0.05) is 18.3 Å². The van der Waals surface area contributed by atoms with Gasteiger partial charge in [-0.25, -0.2) is 4.98 Å². The molecule has 0 aliphatic heterocycles. The standard InChI is InChI=1S/C17H18N2O3/c1-12-4-3-5-14(10-12)17(22)19(9-7-16(20)21)15-11-13(2)6-8-18-15/h3-6,8,10-11H,7,9H2,1-2H3,(H,20,21). The summed E-state index contributed by atoms with van der Waals surface area (Å²) in [5.74, 6) is -0.731. The Hall–Kier alpha value is -2.69. The van der Waals surface area contributed by atoms with Crippen LogP contribution in [0, 0.1) is 13.8 Å². The maximum atomic E-state index is 12.7. The monoisotopic (exact) mass is 298 g/mol. The molecule has 1 aromatic carbocycles. The summed E-state index contributed by atoms with van der Waals surface area (Å²) in [6.07, 6.45) is 1.48. The van der Waals surface area contributed by atoms with E-state index in [0.717, 1.165) is 11.1 Å². The lowest BCUT2D eigenvalue weighted by atomic mass is 10.1. The van der Waals surface area contributed by atoms with Gasteiger partial charge in [-0.1, -0.05) is 17.7 Å². The first-order chi connectivity index (χ1) is 10.5. The molecule has 0 fully saturated rings. The SMILES string of the molecule is Cc1cccc(C(=O)N(CCC(=O)O)c2cc(C)ccn2)c1. The zero-order valence-electron chi connectivity index (χ0n) is 12.6. The molecule has 0 unspecified atom stereocenters. The Morgan fingerprint density at radius 2 is 1.86 bits per heavy atom. The normalized spacial score (nSPS) is 10.3. The molecule has 0 saturated carbocycles. The molecule has 0 aliphatic rings. The largest absolute Gasteiger partial charge is 0.481 e. The third-order valence-corrected chi connectivity index (χ3v) is 3.24. The fourth-order valence-electron chi connectivity index (χ4n) is 2.13. The van der Waals surface area contributed by atoms with Crippen LogP contribution < -0.4 is 4.90 Å². The molecule has 0 spiro atoms. The van der Waals surface area contributed by atoms with Gasteiger partial charge in [-0.3, -0.25) is 14.5 Å². The fourth-order valence-corrected chi connectivity index (χ4v) is 2.13. The topological polar surface area (TPSA) is 70.5 Å². The number of nitrogens with zero attached hydrogens (tertiary/aromatic N) is 2. The van der Waals surface area contributed by atoms with E-state index < -0.39 is 5.97 Å². The van der Waals surface area contributed by atoms with Crippen LogP contribution in [0.1, 0.15) is 27.9 Å². The van der Waals surface area contributed by atoms with Crippen molar-refractivity contribution in [3.63, 3.8) is 0 Å². The van der Waals surface area contributed by atoms with Crippen LogP contribution in [0.5, 0.6) is 0 Å². The zero-order valence-corrected chi connectivity index (χ0v) is 12.6. The number of aromatic nitrogens is 1. The van der Waals surface area contributed by atoms with E-state index in [2.05, 4.69) is 4.98 Å². The van der Waals surface area contributed by atoms with Crippen LogP contribution in [0.15, 0.2) is 42.6 Å². The van der Waals surface area contributed by atoms with Crippen molar-refractivity contribution in [2.75, 3.05) is 11.4 Å². The second-order valence-corrected chi connectivity index (χ2v) is 5.16. The number of aliphatic carboxylic acids is 1. The molecule has 1 heterocycles. The lowest BCUT2D eigenvalue weighted by molar-refractivity contribution is -0.136. The number of carbonyl (C=O) groups excluding carboxylic acids is 1. The summed E-state index contributed by atoms with van der Waals surface area (Å²) in [4.78, 5) is 29.2. The molecular weight excluding hydrogens is 280 g/mol. The minimum absolute atomic E-state index is 0.0819. The Balaban J connectivity index is 2.35. The third kappa shape index (κ3) is 3.91. The van der Waals surface area contributed by atoms with Gasteiger partial charge in [-0.05, 0) is 43.7 Å². The Morgan fingerprint density at radius 1 is 1.14 bits per heavy atom. The molecule has 5 nitrogen and oxygen atoms in total. The van der Waals surface area contributed by atoms with Gasteiger partial charge in [0.15, 0.2) is 0 Å². The Kier molecular flexibility index (Phi) is 4.88. The second kappa shape index (κ2) is 6.85. The Labute approximate surface area is 129 Å². The number of amides is 1. The number of benzene rings is 1. The summed E-state index contributed by atoms with van der Waals surface area (Å²) in [7, 11) is 0. The van der Waals surface area contributed by atoms with Gasteiger partial charge >= 0.3 is 5.97 Å². The number of carbonyl (C=O) groups is 2. The minimum Gasteiger partial charge on any atom is -0.481 e. The minimum atomic E-state index is -0.949. The van der Waals surface area contributed by atoms with Gasteiger partial charge in [0.05, 0.1) is 6.42 Å². The first-order valence-corrected chi connectivity index (χ1v) is 7.00. The van der Waals surface area contributed by atoms with Crippen molar-refractivity contribution in [2.45, 2.75) is 20.3 Å². The van der Waals surface area contributed by atoms with Crippen LogP contribution in [-0.2, 0) is 4.79 Å². The van der Waals surface area contributed by atoms with E-state index in [1.54, 1.807) is 24.4 Å². The van der Waals surface area contributed by atoms with Crippen LogP contribution in [0.25, 0.3) is 0 Å². The fraction of sp³-hybridized carbons (Fsp3) is 0.235. The van der Waals surface area contributed by atoms with E-state index in [4.69, 9.17) is 5.11 Å². The highest BCUT2D eigenvalue weighted by Crippen LogP contribution is 2.17. The van der Waals surface area contributed by atoms with Crippen LogP contribution in [0.3, 0.4) is 0 Å². The number of carboxylic acids is 1. The average Bonchev–Trinajstić information content (AvgIpc) is 2.47. The number of hydrogen-bond acceptors (Lipinski definition) is 3. The van der Waals surface area contributed by atoms with Crippen molar-refractivity contribution in [2.24, 2.45) is 0 Å². The number of anilines is 1. The quantitative estimate of drug-likeness (QED) is 0.921. The number of rotatable bonds is 5. The van der Waals surface area contributed by atoms with Crippen LogP contribution >= 0.6 is 0 Å². The summed E-state index contributed by atoms with van der Waals surface area (Å²) >= 11 is 0. The molecule has 0 atom stereocenters. The van der Waals surface area contributed by atoms with E-state index in [9.17, 15) is 9.59 Å². The summed E-state index contributed by atoms with van der Waals surface area (Å²) in [6.45, 7) is 3.89. The smallest absolute Gasteiger partial charge is 0.305 e. The summed E-state index contributed by atoms with van der Waals surface area (Å²) in [6, 6.07) is 10.8. The first kappa shape index (κ1) is 15.7. The highest BCUT2D eigenvalue weighted by atomic mass is 16.4. The molecule has 2 rings (SSSR count). The van der Waals surface area contributed by atoms with E-state index in [0.29, 0.717) is 11.4 Å². The zero-order chi connectivity index (χ0) is 16.1. The molecular formula is C17H18N2O3. The average molecular weight is 298 g/mol. The Bertz CT molecular complexity index is 698. The second-order valence-electron chi connectivity index (χ2n) is 5.16. The summed E-state index contributed by atoms with van der Waals surface area (Å²) in [5.41, 5.74) is 2.46. The molecule has 114 valence electrons. The van der Waals surface area contributed by atoms with E-state index in [-0.39, 0.29) is 18.9 Å². The highest BCUT2D eigenvalue weighted by molar-refractivity contribution is 6.05. The van der Waals surface area contributed by atoms with Crippen LogP contribution in [0.4, 0.5) is 5.82 Å². The predicted octanol–water partition coefficient (Wildman–Crippen LogP) is 2.82. The van der Waals surface area contributed by atoms with Crippen LogP contribution in [0.2, 0.25) is 0 Å². The molecule has 0 saturated heterocycles. The van der Waals surface area contributed by atoms with Crippen molar-refractivity contribution in [3.05, 3.63) is 59.3 Å².